The minimum absolute atomic E-state index is 0.0677. The number of halogens is 1. The van der Waals surface area contributed by atoms with Gasteiger partial charge in [-0.05, 0) is 47.2 Å². The number of hydrogen-bond acceptors (Lipinski definition) is 4. The Morgan fingerprint density at radius 1 is 1.38 bits per heavy atom. The Morgan fingerprint density at radius 2 is 2.19 bits per heavy atom. The van der Waals surface area contributed by atoms with Crippen molar-refractivity contribution in [3.63, 3.8) is 0 Å². The van der Waals surface area contributed by atoms with Crippen LogP contribution in [0.25, 0.3) is 0 Å². The highest BCUT2D eigenvalue weighted by Gasteiger charge is 2.23. The minimum Gasteiger partial charge on any atom is -0.381 e. The van der Waals surface area contributed by atoms with Crippen LogP contribution in [0.15, 0.2) is 27.9 Å². The molecule has 0 aliphatic heterocycles. The first-order valence-corrected chi connectivity index (χ1v) is 7.91. The molecule has 2 aromatic rings. The van der Waals surface area contributed by atoms with E-state index in [1.54, 1.807) is 10.9 Å². The molecule has 0 atom stereocenters. The van der Waals surface area contributed by atoms with Crippen molar-refractivity contribution in [1.82, 2.24) is 19.6 Å². The largest absolute Gasteiger partial charge is 0.381 e. The van der Waals surface area contributed by atoms with E-state index in [9.17, 15) is 4.79 Å². The van der Waals surface area contributed by atoms with Gasteiger partial charge in [0, 0.05) is 19.3 Å². The molecule has 0 amide bonds. The second kappa shape index (κ2) is 6.01. The Morgan fingerprint density at radius 3 is 2.86 bits per heavy atom. The van der Waals surface area contributed by atoms with Crippen LogP contribution in [0, 0.1) is 12.8 Å². The Labute approximate surface area is 131 Å². The predicted molar refractivity (Wildman–Crippen MR) is 84.4 cm³/mol. The molecule has 0 unspecified atom stereocenters. The molecule has 1 fully saturated rings. The summed E-state index contributed by atoms with van der Waals surface area (Å²) in [5.41, 5.74) is 1.80. The van der Waals surface area contributed by atoms with E-state index in [0.29, 0.717) is 16.9 Å². The summed E-state index contributed by atoms with van der Waals surface area (Å²) in [6, 6.07) is 0. The van der Waals surface area contributed by atoms with Gasteiger partial charge in [0.25, 0.3) is 5.56 Å². The van der Waals surface area contributed by atoms with Crippen molar-refractivity contribution in [2.75, 3.05) is 11.9 Å². The van der Waals surface area contributed by atoms with Crippen LogP contribution in [0.2, 0.25) is 0 Å². The summed E-state index contributed by atoms with van der Waals surface area (Å²) < 4.78 is 3.97. The van der Waals surface area contributed by atoms with E-state index >= 15 is 0 Å². The Hall–Kier alpha value is -1.63. The molecule has 7 heteroatoms. The summed E-state index contributed by atoms with van der Waals surface area (Å²) in [6.45, 7) is 4.17. The Kier molecular flexibility index (Phi) is 4.10. The molecular formula is C14H18BrN5O. The third kappa shape index (κ3) is 3.53. The van der Waals surface area contributed by atoms with Crippen LogP contribution in [0.3, 0.4) is 0 Å². The van der Waals surface area contributed by atoms with Gasteiger partial charge in [-0.2, -0.15) is 10.2 Å². The minimum atomic E-state index is -0.0677. The third-order valence-corrected chi connectivity index (χ3v) is 4.30. The number of nitrogens with one attached hydrogen (secondary N) is 1. The summed E-state index contributed by atoms with van der Waals surface area (Å²) in [4.78, 5) is 12.2. The Bertz CT molecular complexity index is 689. The van der Waals surface area contributed by atoms with E-state index < -0.39 is 0 Å². The highest BCUT2D eigenvalue weighted by Crippen LogP contribution is 2.30. The molecule has 21 heavy (non-hydrogen) atoms. The van der Waals surface area contributed by atoms with Crippen LogP contribution in [0.4, 0.5) is 5.69 Å². The van der Waals surface area contributed by atoms with Gasteiger partial charge in [-0.3, -0.25) is 9.48 Å². The van der Waals surface area contributed by atoms with Gasteiger partial charge in [0.15, 0.2) is 0 Å². The summed E-state index contributed by atoms with van der Waals surface area (Å²) in [6.07, 6.45) is 7.94. The van der Waals surface area contributed by atoms with Crippen molar-refractivity contribution in [1.29, 1.82) is 0 Å². The number of aryl methyl sites for hydroxylation is 1. The molecule has 0 bridgehead atoms. The molecule has 1 aliphatic rings. The van der Waals surface area contributed by atoms with Crippen LogP contribution in [0.1, 0.15) is 18.4 Å². The van der Waals surface area contributed by atoms with E-state index in [0.717, 1.165) is 24.3 Å². The molecule has 2 aromatic heterocycles. The third-order valence-electron chi connectivity index (χ3n) is 3.53. The van der Waals surface area contributed by atoms with Gasteiger partial charge in [0.2, 0.25) is 0 Å². The molecule has 0 radical (unpaired) electrons. The van der Waals surface area contributed by atoms with Gasteiger partial charge in [-0.25, -0.2) is 4.68 Å². The smallest absolute Gasteiger partial charge is 0.283 e. The van der Waals surface area contributed by atoms with Crippen molar-refractivity contribution in [2.45, 2.75) is 32.9 Å². The van der Waals surface area contributed by atoms with Crippen molar-refractivity contribution < 1.29 is 0 Å². The van der Waals surface area contributed by atoms with Gasteiger partial charge >= 0.3 is 0 Å². The number of rotatable bonds is 6. The maximum atomic E-state index is 12.2. The van der Waals surface area contributed by atoms with Gasteiger partial charge < -0.3 is 5.32 Å². The molecule has 6 nitrogen and oxygen atoms in total. The molecule has 2 heterocycles. The standard InChI is InChI=1S/C14H18BrN5O/c1-10-6-17-19(8-10)5-4-16-12-7-18-20(9-11-2-3-11)14(21)13(12)15/h6-8,11,16H,2-5,9H2,1H3. The first-order chi connectivity index (χ1) is 10.1. The normalized spacial score (nSPS) is 14.4. The molecule has 0 spiro atoms. The van der Waals surface area contributed by atoms with Crippen LogP contribution in [-0.2, 0) is 13.1 Å². The maximum absolute atomic E-state index is 12.2. The number of hydrogen-bond donors (Lipinski definition) is 1. The first kappa shape index (κ1) is 14.3. The zero-order valence-electron chi connectivity index (χ0n) is 11.9. The van der Waals surface area contributed by atoms with Gasteiger partial charge in [-0.15, -0.1) is 0 Å². The second-order valence-electron chi connectivity index (χ2n) is 5.51. The van der Waals surface area contributed by atoms with Gasteiger partial charge in [0.1, 0.15) is 4.47 Å². The highest BCUT2D eigenvalue weighted by molar-refractivity contribution is 9.10. The zero-order chi connectivity index (χ0) is 14.8. The fourth-order valence-electron chi connectivity index (χ4n) is 2.16. The topological polar surface area (TPSA) is 64.7 Å². The number of anilines is 1. The SMILES string of the molecule is Cc1cnn(CCNc2cnn(CC3CC3)c(=O)c2Br)c1. The summed E-state index contributed by atoms with van der Waals surface area (Å²) >= 11 is 3.37. The predicted octanol–water partition coefficient (Wildman–Crippen LogP) is 2.03. The highest BCUT2D eigenvalue weighted by atomic mass is 79.9. The maximum Gasteiger partial charge on any atom is 0.283 e. The molecule has 1 aliphatic carbocycles. The molecule has 0 aromatic carbocycles. The van der Waals surface area contributed by atoms with Gasteiger partial charge in [0.05, 0.1) is 24.6 Å². The quantitative estimate of drug-likeness (QED) is 0.864. The van der Waals surface area contributed by atoms with Crippen LogP contribution < -0.4 is 10.9 Å². The molecule has 1 saturated carbocycles. The zero-order valence-corrected chi connectivity index (χ0v) is 13.5. The summed E-state index contributed by atoms with van der Waals surface area (Å²) in [5.74, 6) is 0.629. The second-order valence-corrected chi connectivity index (χ2v) is 6.30. The monoisotopic (exact) mass is 351 g/mol. The van der Waals surface area contributed by atoms with Crippen LogP contribution >= 0.6 is 15.9 Å². The van der Waals surface area contributed by atoms with E-state index in [1.165, 1.54) is 12.8 Å². The average molecular weight is 352 g/mol. The molecule has 1 N–H and O–H groups in total. The van der Waals surface area contributed by atoms with E-state index in [-0.39, 0.29) is 5.56 Å². The average Bonchev–Trinajstić information content (AvgIpc) is 3.19. The number of nitrogens with zero attached hydrogens (tertiary/aromatic N) is 4. The van der Waals surface area contributed by atoms with Crippen LogP contribution in [0.5, 0.6) is 0 Å². The van der Waals surface area contributed by atoms with Crippen molar-refractivity contribution >= 4 is 21.6 Å². The molecule has 0 saturated heterocycles. The summed E-state index contributed by atoms with van der Waals surface area (Å²) in [7, 11) is 0. The lowest BCUT2D eigenvalue weighted by Gasteiger charge is -2.10. The Balaban J connectivity index is 1.62. The van der Waals surface area contributed by atoms with Gasteiger partial charge in [-0.1, -0.05) is 0 Å². The number of aromatic nitrogens is 4. The lowest BCUT2D eigenvalue weighted by Crippen LogP contribution is -2.25. The fraction of sp³-hybridized carbons (Fsp3) is 0.500. The molecule has 112 valence electrons. The summed E-state index contributed by atoms with van der Waals surface area (Å²) in [5, 5.41) is 11.7. The van der Waals surface area contributed by atoms with Crippen LogP contribution in [-0.4, -0.2) is 26.1 Å². The lowest BCUT2D eigenvalue weighted by molar-refractivity contribution is 0.531. The molecule has 3 rings (SSSR count). The molecular weight excluding hydrogens is 334 g/mol. The van der Waals surface area contributed by atoms with Crippen molar-refractivity contribution in [3.05, 3.63) is 39.0 Å². The lowest BCUT2D eigenvalue weighted by atomic mass is 10.4. The van der Waals surface area contributed by atoms with Crippen molar-refractivity contribution in [3.8, 4) is 0 Å². The van der Waals surface area contributed by atoms with E-state index in [2.05, 4.69) is 31.4 Å². The van der Waals surface area contributed by atoms with Crippen molar-refractivity contribution in [2.24, 2.45) is 5.92 Å². The van der Waals surface area contributed by atoms with E-state index in [4.69, 9.17) is 0 Å². The first-order valence-electron chi connectivity index (χ1n) is 7.12. The fourth-order valence-corrected chi connectivity index (χ4v) is 2.60. The van der Waals surface area contributed by atoms with E-state index in [1.807, 2.05) is 24.0 Å².